The van der Waals surface area contributed by atoms with Crippen molar-refractivity contribution in [2.24, 2.45) is 10.7 Å². The second-order valence-electron chi connectivity index (χ2n) is 3.59. The lowest BCUT2D eigenvalue weighted by Crippen LogP contribution is -2.10. The number of hydrogen-bond acceptors (Lipinski definition) is 3. The van der Waals surface area contributed by atoms with Gasteiger partial charge >= 0.3 is 0 Å². The molecule has 0 aliphatic rings. The van der Waals surface area contributed by atoms with Crippen LogP contribution >= 0.6 is 0 Å². The first-order valence-electron chi connectivity index (χ1n) is 5.04. The van der Waals surface area contributed by atoms with Crippen LogP contribution in [-0.4, -0.2) is 22.4 Å². The average molecular weight is 214 g/mol. The minimum atomic E-state index is 0.728. The summed E-state index contributed by atoms with van der Waals surface area (Å²) in [6.45, 7) is 1.84. The SMILES string of the molecule is C/N=C(\C=C(/C)N)n1ccc2ccncc21. The van der Waals surface area contributed by atoms with E-state index in [1.807, 2.05) is 42.1 Å². The largest absolute Gasteiger partial charge is 0.402 e. The van der Waals surface area contributed by atoms with Crippen LogP contribution < -0.4 is 5.73 Å². The zero-order valence-electron chi connectivity index (χ0n) is 9.38. The summed E-state index contributed by atoms with van der Waals surface area (Å²) >= 11 is 0. The second-order valence-corrected chi connectivity index (χ2v) is 3.59. The smallest absolute Gasteiger partial charge is 0.133 e. The second kappa shape index (κ2) is 4.18. The monoisotopic (exact) mass is 214 g/mol. The first kappa shape index (κ1) is 10.4. The predicted octanol–water partition coefficient (Wildman–Crippen LogP) is 1.78. The number of fused-ring (bicyclic) bond motifs is 1. The van der Waals surface area contributed by atoms with Crippen LogP contribution in [0.2, 0.25) is 0 Å². The summed E-state index contributed by atoms with van der Waals surface area (Å²) in [7, 11) is 1.75. The Kier molecular flexibility index (Phi) is 2.72. The van der Waals surface area contributed by atoms with Crippen LogP contribution in [0.25, 0.3) is 10.9 Å². The molecule has 2 aromatic heterocycles. The number of allylic oxidation sites excluding steroid dienone is 2. The molecule has 0 unspecified atom stereocenters. The Morgan fingerprint density at radius 3 is 3.00 bits per heavy atom. The van der Waals surface area contributed by atoms with Crippen molar-refractivity contribution in [3.05, 3.63) is 42.5 Å². The van der Waals surface area contributed by atoms with E-state index in [4.69, 9.17) is 5.73 Å². The van der Waals surface area contributed by atoms with Crippen LogP contribution in [0.15, 0.2) is 47.5 Å². The maximum atomic E-state index is 5.67. The van der Waals surface area contributed by atoms with Gasteiger partial charge in [0.2, 0.25) is 0 Å². The molecule has 4 nitrogen and oxygen atoms in total. The Balaban J connectivity index is 2.59. The Hall–Kier alpha value is -2.10. The topological polar surface area (TPSA) is 56.2 Å². The quantitative estimate of drug-likeness (QED) is 0.581. The van der Waals surface area contributed by atoms with Gasteiger partial charge in [0, 0.05) is 30.5 Å². The first-order chi connectivity index (χ1) is 7.72. The number of pyridine rings is 1. The lowest BCUT2D eigenvalue weighted by molar-refractivity contribution is 1.17. The molecular weight excluding hydrogens is 200 g/mol. The highest BCUT2D eigenvalue weighted by Gasteiger charge is 2.04. The molecule has 0 saturated carbocycles. The molecule has 16 heavy (non-hydrogen) atoms. The van der Waals surface area contributed by atoms with E-state index in [0.717, 1.165) is 22.4 Å². The van der Waals surface area contributed by atoms with E-state index in [0.29, 0.717) is 0 Å². The molecule has 2 heterocycles. The van der Waals surface area contributed by atoms with Gasteiger partial charge in [-0.05, 0) is 25.1 Å². The van der Waals surface area contributed by atoms with Crippen LogP contribution in [0.1, 0.15) is 6.92 Å². The average Bonchev–Trinajstić information content (AvgIpc) is 2.69. The molecule has 0 bridgehead atoms. The summed E-state index contributed by atoms with van der Waals surface area (Å²) in [5.74, 6) is 0.808. The maximum Gasteiger partial charge on any atom is 0.133 e. The molecule has 82 valence electrons. The summed E-state index contributed by atoms with van der Waals surface area (Å²) in [6, 6.07) is 4.00. The highest BCUT2D eigenvalue weighted by molar-refractivity contribution is 6.01. The van der Waals surface area contributed by atoms with Crippen molar-refractivity contribution in [2.75, 3.05) is 7.05 Å². The Labute approximate surface area is 94.1 Å². The molecule has 0 radical (unpaired) electrons. The summed E-state index contributed by atoms with van der Waals surface area (Å²) in [5, 5.41) is 1.14. The van der Waals surface area contributed by atoms with Crippen LogP contribution in [0.3, 0.4) is 0 Å². The fourth-order valence-corrected chi connectivity index (χ4v) is 1.62. The van der Waals surface area contributed by atoms with E-state index in [2.05, 4.69) is 9.98 Å². The van der Waals surface area contributed by atoms with Crippen LogP contribution in [0.4, 0.5) is 0 Å². The molecule has 2 aromatic rings. The van der Waals surface area contributed by atoms with Gasteiger partial charge in [0.1, 0.15) is 5.84 Å². The van der Waals surface area contributed by atoms with E-state index in [-0.39, 0.29) is 0 Å². The third-order valence-electron chi connectivity index (χ3n) is 2.33. The van der Waals surface area contributed by atoms with E-state index < -0.39 is 0 Å². The minimum absolute atomic E-state index is 0.728. The Morgan fingerprint density at radius 1 is 1.50 bits per heavy atom. The fourth-order valence-electron chi connectivity index (χ4n) is 1.62. The minimum Gasteiger partial charge on any atom is -0.402 e. The number of rotatable bonds is 1. The van der Waals surface area contributed by atoms with Gasteiger partial charge in [0.15, 0.2) is 0 Å². The molecule has 0 aromatic carbocycles. The standard InChI is InChI=1S/C12H14N4/c1-9(13)7-12(14-2)16-6-4-10-3-5-15-8-11(10)16/h3-8H,13H2,1-2H3/b9-7+,14-12+. The van der Waals surface area contributed by atoms with Gasteiger partial charge in [0.25, 0.3) is 0 Å². The van der Waals surface area contributed by atoms with Gasteiger partial charge in [-0.15, -0.1) is 0 Å². The summed E-state index contributed by atoms with van der Waals surface area (Å²) < 4.78 is 1.97. The van der Waals surface area contributed by atoms with Crippen LogP contribution in [-0.2, 0) is 0 Å². The maximum absolute atomic E-state index is 5.67. The number of hydrogen-bond donors (Lipinski definition) is 1. The van der Waals surface area contributed by atoms with Gasteiger partial charge in [-0.1, -0.05) is 0 Å². The van der Waals surface area contributed by atoms with Crippen molar-refractivity contribution >= 4 is 16.7 Å². The summed E-state index contributed by atoms with van der Waals surface area (Å²) in [6.07, 6.45) is 7.40. The number of aromatic nitrogens is 2. The summed E-state index contributed by atoms with van der Waals surface area (Å²) in [4.78, 5) is 8.33. The first-order valence-corrected chi connectivity index (χ1v) is 5.04. The molecule has 4 heteroatoms. The highest BCUT2D eigenvalue weighted by atomic mass is 15.0. The highest BCUT2D eigenvalue weighted by Crippen LogP contribution is 2.14. The van der Waals surface area contributed by atoms with Gasteiger partial charge in [0.05, 0.1) is 11.7 Å². The van der Waals surface area contributed by atoms with E-state index in [9.17, 15) is 0 Å². The molecule has 0 saturated heterocycles. The van der Waals surface area contributed by atoms with Crippen LogP contribution in [0.5, 0.6) is 0 Å². The van der Waals surface area contributed by atoms with E-state index >= 15 is 0 Å². The van der Waals surface area contributed by atoms with Crippen molar-refractivity contribution < 1.29 is 0 Å². The van der Waals surface area contributed by atoms with Gasteiger partial charge in [-0.2, -0.15) is 0 Å². The van der Waals surface area contributed by atoms with Crippen LogP contribution in [0, 0.1) is 0 Å². The third kappa shape index (κ3) is 1.82. The Bertz CT molecular complexity index is 559. The molecule has 0 amide bonds. The number of nitrogens with zero attached hydrogens (tertiary/aromatic N) is 3. The zero-order chi connectivity index (χ0) is 11.5. The molecule has 0 fully saturated rings. The normalized spacial score (nSPS) is 13.4. The third-order valence-corrected chi connectivity index (χ3v) is 2.33. The molecule has 0 spiro atoms. The van der Waals surface area contributed by atoms with E-state index in [1.54, 1.807) is 13.2 Å². The fraction of sp³-hybridized carbons (Fsp3) is 0.167. The van der Waals surface area contributed by atoms with Crippen molar-refractivity contribution in [3.8, 4) is 0 Å². The van der Waals surface area contributed by atoms with Crippen molar-refractivity contribution in [1.82, 2.24) is 9.55 Å². The lowest BCUT2D eigenvalue weighted by Gasteiger charge is -2.04. The molecular formula is C12H14N4. The van der Waals surface area contributed by atoms with Gasteiger partial charge in [-0.3, -0.25) is 14.5 Å². The molecule has 2 N–H and O–H groups in total. The number of nitrogens with two attached hydrogens (primary N) is 1. The summed E-state index contributed by atoms with van der Waals surface area (Å²) in [5.41, 5.74) is 7.43. The van der Waals surface area contributed by atoms with E-state index in [1.165, 1.54) is 0 Å². The predicted molar refractivity (Wildman–Crippen MR) is 66.4 cm³/mol. The molecule has 0 aliphatic heterocycles. The molecule has 0 aliphatic carbocycles. The molecule has 0 atom stereocenters. The van der Waals surface area contributed by atoms with Crippen molar-refractivity contribution in [3.63, 3.8) is 0 Å². The van der Waals surface area contributed by atoms with Gasteiger partial charge in [-0.25, -0.2) is 0 Å². The lowest BCUT2D eigenvalue weighted by atomic mass is 10.3. The number of aliphatic imine (C=N–C) groups is 1. The van der Waals surface area contributed by atoms with Crippen molar-refractivity contribution in [1.29, 1.82) is 0 Å². The molecule has 2 rings (SSSR count). The Morgan fingerprint density at radius 2 is 2.31 bits per heavy atom. The zero-order valence-corrected chi connectivity index (χ0v) is 9.38. The van der Waals surface area contributed by atoms with Crippen molar-refractivity contribution in [2.45, 2.75) is 6.92 Å². The van der Waals surface area contributed by atoms with Gasteiger partial charge < -0.3 is 5.73 Å².